The molecule has 2 heterocycles. The molecule has 2 rings (SSSR count). The van der Waals surface area contributed by atoms with Crippen molar-refractivity contribution in [3.05, 3.63) is 0 Å². The summed E-state index contributed by atoms with van der Waals surface area (Å²) in [6.07, 6.45) is 5.00. The fourth-order valence-corrected chi connectivity index (χ4v) is 3.48. The first-order valence-corrected chi connectivity index (χ1v) is 9.54. The van der Waals surface area contributed by atoms with Crippen molar-refractivity contribution in [2.24, 2.45) is 5.73 Å². The molecule has 126 valence electrons. The number of thioether (sulfide) groups is 1. The van der Waals surface area contributed by atoms with Crippen molar-refractivity contribution in [2.45, 2.75) is 25.3 Å². The minimum absolute atomic E-state index is 0.0552. The Morgan fingerprint density at radius 1 is 1.05 bits per heavy atom. The zero-order chi connectivity index (χ0) is 15.9. The van der Waals surface area contributed by atoms with Gasteiger partial charge >= 0.3 is 0 Å². The summed E-state index contributed by atoms with van der Waals surface area (Å²) in [6.45, 7) is 5.18. The highest BCUT2D eigenvalue weighted by Crippen LogP contribution is 2.10. The Kier molecular flexibility index (Phi) is 6.98. The maximum absolute atomic E-state index is 12.2. The van der Waals surface area contributed by atoms with Gasteiger partial charge in [0.1, 0.15) is 0 Å². The lowest BCUT2D eigenvalue weighted by Crippen LogP contribution is -2.54. The topological polar surface area (TPSA) is 69.9 Å². The van der Waals surface area contributed by atoms with Crippen LogP contribution >= 0.6 is 11.8 Å². The fourth-order valence-electron chi connectivity index (χ4n) is 2.99. The summed E-state index contributed by atoms with van der Waals surface area (Å²) in [5.74, 6) is 1.20. The molecule has 1 atom stereocenters. The molecule has 0 spiro atoms. The summed E-state index contributed by atoms with van der Waals surface area (Å²) in [4.78, 5) is 30.3. The SMILES string of the molecule is CSCC[C@H](N)C(=O)N1CCN(CC(=O)N2CCCC2)CC1. The second-order valence-electron chi connectivity index (χ2n) is 6.08. The number of nitrogens with zero attached hydrogens (tertiary/aromatic N) is 3. The van der Waals surface area contributed by atoms with Crippen LogP contribution in [-0.2, 0) is 9.59 Å². The van der Waals surface area contributed by atoms with Gasteiger partial charge in [0.2, 0.25) is 11.8 Å². The molecule has 6 nitrogen and oxygen atoms in total. The third kappa shape index (κ3) is 4.86. The average molecular weight is 328 g/mol. The lowest BCUT2D eigenvalue weighted by Gasteiger charge is -2.36. The number of piperazine rings is 1. The maximum Gasteiger partial charge on any atom is 0.239 e. The zero-order valence-electron chi connectivity index (χ0n) is 13.5. The molecule has 0 aliphatic carbocycles. The maximum atomic E-state index is 12.2. The quantitative estimate of drug-likeness (QED) is 0.733. The third-order valence-corrected chi connectivity index (χ3v) is 5.10. The van der Waals surface area contributed by atoms with Crippen molar-refractivity contribution in [3.8, 4) is 0 Å². The summed E-state index contributed by atoms with van der Waals surface area (Å²) in [5.41, 5.74) is 5.95. The molecule has 0 unspecified atom stereocenters. The minimum atomic E-state index is -0.384. The number of hydrogen-bond acceptors (Lipinski definition) is 5. The Hall–Kier alpha value is -0.790. The Morgan fingerprint density at radius 2 is 1.68 bits per heavy atom. The monoisotopic (exact) mass is 328 g/mol. The fraction of sp³-hybridized carbons (Fsp3) is 0.867. The molecule has 0 aromatic carbocycles. The number of nitrogens with two attached hydrogens (primary N) is 1. The van der Waals surface area contributed by atoms with Gasteiger partial charge in [0.25, 0.3) is 0 Å². The van der Waals surface area contributed by atoms with E-state index in [0.717, 1.165) is 51.2 Å². The van der Waals surface area contributed by atoms with Gasteiger partial charge in [0.15, 0.2) is 0 Å². The Labute approximate surface area is 137 Å². The van der Waals surface area contributed by atoms with Crippen molar-refractivity contribution >= 4 is 23.6 Å². The van der Waals surface area contributed by atoms with Crippen LogP contribution in [0, 0.1) is 0 Å². The predicted octanol–water partition coefficient (Wildman–Crippen LogP) is -0.167. The van der Waals surface area contributed by atoms with E-state index in [-0.39, 0.29) is 17.9 Å². The van der Waals surface area contributed by atoms with E-state index >= 15 is 0 Å². The van der Waals surface area contributed by atoms with Gasteiger partial charge in [-0.25, -0.2) is 0 Å². The van der Waals surface area contributed by atoms with Gasteiger partial charge in [-0.15, -0.1) is 0 Å². The van der Waals surface area contributed by atoms with Crippen LogP contribution in [0.5, 0.6) is 0 Å². The molecular formula is C15H28N4O2S. The molecule has 2 aliphatic heterocycles. The molecule has 7 heteroatoms. The molecule has 2 aliphatic rings. The van der Waals surface area contributed by atoms with E-state index in [0.29, 0.717) is 19.6 Å². The summed E-state index contributed by atoms with van der Waals surface area (Å²) in [7, 11) is 0. The molecular weight excluding hydrogens is 300 g/mol. The van der Waals surface area contributed by atoms with Crippen LogP contribution in [0.4, 0.5) is 0 Å². The first-order chi connectivity index (χ1) is 10.6. The summed E-state index contributed by atoms with van der Waals surface area (Å²) < 4.78 is 0. The van der Waals surface area contributed by atoms with Crippen LogP contribution in [0.25, 0.3) is 0 Å². The predicted molar refractivity (Wildman–Crippen MR) is 89.8 cm³/mol. The van der Waals surface area contributed by atoms with Gasteiger partial charge in [-0.2, -0.15) is 11.8 Å². The van der Waals surface area contributed by atoms with Crippen LogP contribution in [0.2, 0.25) is 0 Å². The minimum Gasteiger partial charge on any atom is -0.342 e. The summed E-state index contributed by atoms with van der Waals surface area (Å²) >= 11 is 1.71. The number of amides is 2. The van der Waals surface area contributed by atoms with Crippen LogP contribution in [0.15, 0.2) is 0 Å². The smallest absolute Gasteiger partial charge is 0.239 e. The molecule has 2 fully saturated rings. The zero-order valence-corrected chi connectivity index (χ0v) is 14.3. The van der Waals surface area contributed by atoms with Crippen LogP contribution in [0.1, 0.15) is 19.3 Å². The van der Waals surface area contributed by atoms with Gasteiger partial charge in [-0.3, -0.25) is 14.5 Å². The average Bonchev–Trinajstić information content (AvgIpc) is 3.07. The molecule has 0 bridgehead atoms. The van der Waals surface area contributed by atoms with Crippen molar-refractivity contribution < 1.29 is 9.59 Å². The van der Waals surface area contributed by atoms with E-state index in [2.05, 4.69) is 4.90 Å². The molecule has 2 N–H and O–H groups in total. The lowest BCUT2D eigenvalue weighted by molar-refractivity contribution is -0.135. The molecule has 0 aromatic heterocycles. The van der Waals surface area contributed by atoms with Crippen molar-refractivity contribution in [3.63, 3.8) is 0 Å². The van der Waals surface area contributed by atoms with Crippen molar-refractivity contribution in [1.82, 2.24) is 14.7 Å². The number of hydrogen-bond donors (Lipinski definition) is 1. The van der Waals surface area contributed by atoms with E-state index < -0.39 is 0 Å². The first-order valence-electron chi connectivity index (χ1n) is 8.15. The molecule has 0 aromatic rings. The van der Waals surface area contributed by atoms with Gasteiger partial charge in [0, 0.05) is 39.3 Å². The number of carbonyl (C=O) groups is 2. The molecule has 0 saturated carbocycles. The highest BCUT2D eigenvalue weighted by atomic mass is 32.2. The number of likely N-dealkylation sites (tertiary alicyclic amines) is 1. The van der Waals surface area contributed by atoms with E-state index in [4.69, 9.17) is 5.73 Å². The summed E-state index contributed by atoms with van der Waals surface area (Å²) in [5, 5.41) is 0. The van der Waals surface area contributed by atoms with Crippen LogP contribution in [0.3, 0.4) is 0 Å². The normalized spacial score (nSPS) is 21.2. The Balaban J connectivity index is 1.70. The molecule has 22 heavy (non-hydrogen) atoms. The molecule has 2 amide bonds. The van der Waals surface area contributed by atoms with Gasteiger partial charge in [-0.05, 0) is 31.3 Å². The Bertz CT molecular complexity index is 380. The second kappa shape index (κ2) is 8.74. The highest BCUT2D eigenvalue weighted by molar-refractivity contribution is 7.98. The standard InChI is InChI=1S/C15H28N4O2S/c1-22-11-4-13(16)15(21)19-9-7-17(8-10-19)12-14(20)18-5-2-3-6-18/h13H,2-12,16H2,1H3/t13-/m0/s1. The van der Waals surface area contributed by atoms with E-state index in [9.17, 15) is 9.59 Å². The van der Waals surface area contributed by atoms with E-state index in [1.807, 2.05) is 16.1 Å². The first kappa shape index (κ1) is 17.6. The molecule has 2 saturated heterocycles. The van der Waals surface area contributed by atoms with Crippen LogP contribution < -0.4 is 5.73 Å². The third-order valence-electron chi connectivity index (χ3n) is 4.45. The lowest BCUT2D eigenvalue weighted by atomic mass is 10.2. The Morgan fingerprint density at radius 3 is 2.27 bits per heavy atom. The second-order valence-corrected chi connectivity index (χ2v) is 7.06. The van der Waals surface area contributed by atoms with Gasteiger partial charge in [-0.1, -0.05) is 0 Å². The largest absolute Gasteiger partial charge is 0.342 e. The number of carbonyl (C=O) groups excluding carboxylic acids is 2. The van der Waals surface area contributed by atoms with Crippen molar-refractivity contribution in [2.75, 3.05) is 57.8 Å². The van der Waals surface area contributed by atoms with E-state index in [1.54, 1.807) is 11.8 Å². The van der Waals surface area contributed by atoms with Gasteiger partial charge in [0.05, 0.1) is 12.6 Å². The van der Waals surface area contributed by atoms with E-state index in [1.165, 1.54) is 0 Å². The van der Waals surface area contributed by atoms with Crippen molar-refractivity contribution in [1.29, 1.82) is 0 Å². The summed E-state index contributed by atoms with van der Waals surface area (Å²) in [6, 6.07) is -0.384. The van der Waals surface area contributed by atoms with Gasteiger partial charge < -0.3 is 15.5 Å². The number of rotatable bonds is 6. The molecule has 0 radical (unpaired) electrons. The highest BCUT2D eigenvalue weighted by Gasteiger charge is 2.27. The van der Waals surface area contributed by atoms with Crippen LogP contribution in [-0.4, -0.2) is 90.4 Å².